The lowest BCUT2D eigenvalue weighted by atomic mass is 10.0. The molecule has 0 unspecified atom stereocenters. The van der Waals surface area contributed by atoms with E-state index in [0.717, 1.165) is 19.5 Å². The van der Waals surface area contributed by atoms with Crippen molar-refractivity contribution in [1.82, 2.24) is 5.32 Å². The van der Waals surface area contributed by atoms with Gasteiger partial charge in [-0.05, 0) is 31.8 Å². The van der Waals surface area contributed by atoms with E-state index in [2.05, 4.69) is 10.1 Å². The molecule has 0 bridgehead atoms. The van der Waals surface area contributed by atoms with E-state index >= 15 is 0 Å². The lowest BCUT2D eigenvalue weighted by molar-refractivity contribution is -0.140. The Hall–Kier alpha value is -0.570. The molecule has 1 heterocycles. The molecule has 64 valence electrons. The Balaban J connectivity index is 2.06. The van der Waals surface area contributed by atoms with Gasteiger partial charge in [-0.1, -0.05) is 0 Å². The maximum absolute atomic E-state index is 10.7. The lowest BCUT2D eigenvalue weighted by Crippen LogP contribution is -2.10. The first-order valence-corrected chi connectivity index (χ1v) is 4.10. The van der Waals surface area contributed by atoms with Crippen LogP contribution in [-0.4, -0.2) is 26.2 Å². The van der Waals surface area contributed by atoms with Gasteiger partial charge in [0.1, 0.15) is 0 Å². The van der Waals surface area contributed by atoms with Gasteiger partial charge < -0.3 is 10.1 Å². The van der Waals surface area contributed by atoms with E-state index in [1.54, 1.807) is 0 Å². The summed E-state index contributed by atoms with van der Waals surface area (Å²) in [6.45, 7) is 2.17. The van der Waals surface area contributed by atoms with Crippen molar-refractivity contribution in [3.8, 4) is 0 Å². The molecule has 1 aliphatic heterocycles. The van der Waals surface area contributed by atoms with E-state index in [4.69, 9.17) is 0 Å². The van der Waals surface area contributed by atoms with E-state index in [-0.39, 0.29) is 5.97 Å². The monoisotopic (exact) mass is 157 g/mol. The molecule has 3 heteroatoms. The Morgan fingerprint density at radius 1 is 1.73 bits per heavy atom. The first-order valence-electron chi connectivity index (χ1n) is 4.10. The maximum atomic E-state index is 10.7. The third-order valence-electron chi connectivity index (χ3n) is 2.15. The molecule has 11 heavy (non-hydrogen) atoms. The van der Waals surface area contributed by atoms with Crippen molar-refractivity contribution in [2.45, 2.75) is 19.3 Å². The summed E-state index contributed by atoms with van der Waals surface area (Å²) in [5.41, 5.74) is 0. The molecule has 1 saturated heterocycles. The van der Waals surface area contributed by atoms with E-state index in [9.17, 15) is 4.79 Å². The molecule has 1 aliphatic rings. The third kappa shape index (κ3) is 2.89. The molecule has 0 amide bonds. The predicted molar refractivity (Wildman–Crippen MR) is 42.2 cm³/mol. The molecule has 3 nitrogen and oxygen atoms in total. The van der Waals surface area contributed by atoms with Crippen molar-refractivity contribution in [1.29, 1.82) is 0 Å². The standard InChI is InChI=1S/C8H15NO2/c1-11-8(10)3-2-7-4-5-9-6-7/h7,9H,2-6H2,1H3/t7-/m0/s1. The molecule has 0 radical (unpaired) electrons. The number of carbonyl (C=O) groups excluding carboxylic acids is 1. The summed E-state index contributed by atoms with van der Waals surface area (Å²) in [5, 5.41) is 3.26. The second-order valence-corrected chi connectivity index (χ2v) is 2.97. The van der Waals surface area contributed by atoms with Crippen LogP contribution in [0.4, 0.5) is 0 Å². The van der Waals surface area contributed by atoms with Crippen LogP contribution in [0, 0.1) is 5.92 Å². The summed E-state index contributed by atoms with van der Waals surface area (Å²) in [4.78, 5) is 10.7. The Morgan fingerprint density at radius 3 is 3.09 bits per heavy atom. The van der Waals surface area contributed by atoms with Gasteiger partial charge in [-0.15, -0.1) is 0 Å². The Kier molecular flexibility index (Phi) is 3.36. The SMILES string of the molecule is COC(=O)CC[C@H]1CCNC1. The molecule has 0 aliphatic carbocycles. The second kappa shape index (κ2) is 4.34. The van der Waals surface area contributed by atoms with Crippen molar-refractivity contribution >= 4 is 5.97 Å². The van der Waals surface area contributed by atoms with Crippen molar-refractivity contribution in [2.75, 3.05) is 20.2 Å². The summed E-state index contributed by atoms with van der Waals surface area (Å²) in [5.74, 6) is 0.603. The van der Waals surface area contributed by atoms with Crippen molar-refractivity contribution < 1.29 is 9.53 Å². The van der Waals surface area contributed by atoms with Crippen molar-refractivity contribution in [3.63, 3.8) is 0 Å². The zero-order valence-corrected chi connectivity index (χ0v) is 6.93. The Labute approximate surface area is 67.1 Å². The molecule has 1 fully saturated rings. The van der Waals surface area contributed by atoms with E-state index in [1.165, 1.54) is 13.5 Å². The fraction of sp³-hybridized carbons (Fsp3) is 0.875. The van der Waals surface area contributed by atoms with Gasteiger partial charge in [-0.25, -0.2) is 0 Å². The minimum Gasteiger partial charge on any atom is -0.469 e. The zero-order valence-electron chi connectivity index (χ0n) is 6.93. The van der Waals surface area contributed by atoms with Crippen LogP contribution in [0.3, 0.4) is 0 Å². The topological polar surface area (TPSA) is 38.3 Å². The van der Waals surface area contributed by atoms with Gasteiger partial charge >= 0.3 is 5.97 Å². The normalized spacial score (nSPS) is 23.5. The van der Waals surface area contributed by atoms with Gasteiger partial charge in [-0.3, -0.25) is 4.79 Å². The predicted octanol–water partition coefficient (Wildman–Crippen LogP) is 0.549. The molecule has 1 N–H and O–H groups in total. The number of rotatable bonds is 3. The third-order valence-corrected chi connectivity index (χ3v) is 2.15. The minimum atomic E-state index is -0.0862. The van der Waals surface area contributed by atoms with Gasteiger partial charge in [0.25, 0.3) is 0 Å². The molecule has 0 aromatic heterocycles. The molecular weight excluding hydrogens is 142 g/mol. The molecule has 0 spiro atoms. The highest BCUT2D eigenvalue weighted by Crippen LogP contribution is 2.14. The van der Waals surface area contributed by atoms with E-state index in [0.29, 0.717) is 12.3 Å². The summed E-state index contributed by atoms with van der Waals surface area (Å²) >= 11 is 0. The molecule has 0 aromatic carbocycles. The molecule has 0 saturated carbocycles. The van der Waals surface area contributed by atoms with Gasteiger partial charge in [0.05, 0.1) is 7.11 Å². The molecule has 1 atom stereocenters. The van der Waals surface area contributed by atoms with Crippen LogP contribution in [-0.2, 0) is 9.53 Å². The van der Waals surface area contributed by atoms with Gasteiger partial charge in [-0.2, -0.15) is 0 Å². The summed E-state index contributed by atoms with van der Waals surface area (Å²) in [6.07, 6.45) is 2.75. The van der Waals surface area contributed by atoms with Crippen LogP contribution in [0.25, 0.3) is 0 Å². The summed E-state index contributed by atoms with van der Waals surface area (Å²) in [7, 11) is 1.44. The first kappa shape index (κ1) is 8.53. The highest BCUT2D eigenvalue weighted by molar-refractivity contribution is 5.69. The summed E-state index contributed by atoms with van der Waals surface area (Å²) < 4.78 is 4.55. The van der Waals surface area contributed by atoms with E-state index in [1.807, 2.05) is 0 Å². The number of carbonyl (C=O) groups is 1. The number of ether oxygens (including phenoxy) is 1. The number of methoxy groups -OCH3 is 1. The van der Waals surface area contributed by atoms with Crippen LogP contribution in [0.5, 0.6) is 0 Å². The smallest absolute Gasteiger partial charge is 0.305 e. The van der Waals surface area contributed by atoms with Gasteiger partial charge in [0.15, 0.2) is 0 Å². The van der Waals surface area contributed by atoms with Crippen molar-refractivity contribution in [2.24, 2.45) is 5.92 Å². The Bertz CT molecular complexity index is 130. The lowest BCUT2D eigenvalue weighted by Gasteiger charge is -2.05. The first-order chi connectivity index (χ1) is 5.33. The number of nitrogens with one attached hydrogen (secondary N) is 1. The summed E-state index contributed by atoms with van der Waals surface area (Å²) in [6, 6.07) is 0. The van der Waals surface area contributed by atoms with Crippen LogP contribution in [0.15, 0.2) is 0 Å². The highest BCUT2D eigenvalue weighted by Gasteiger charge is 2.15. The minimum absolute atomic E-state index is 0.0862. The van der Waals surface area contributed by atoms with Gasteiger partial charge in [0, 0.05) is 6.42 Å². The maximum Gasteiger partial charge on any atom is 0.305 e. The fourth-order valence-electron chi connectivity index (χ4n) is 1.38. The van der Waals surface area contributed by atoms with Gasteiger partial charge in [0.2, 0.25) is 0 Å². The molecule has 1 rings (SSSR count). The fourth-order valence-corrected chi connectivity index (χ4v) is 1.38. The number of hydrogen-bond acceptors (Lipinski definition) is 3. The van der Waals surface area contributed by atoms with Crippen LogP contribution in [0.2, 0.25) is 0 Å². The average molecular weight is 157 g/mol. The average Bonchev–Trinajstić information content (AvgIpc) is 2.52. The zero-order chi connectivity index (χ0) is 8.10. The highest BCUT2D eigenvalue weighted by atomic mass is 16.5. The van der Waals surface area contributed by atoms with Crippen LogP contribution < -0.4 is 5.32 Å². The number of hydrogen-bond donors (Lipinski definition) is 1. The second-order valence-electron chi connectivity index (χ2n) is 2.97. The molecule has 0 aromatic rings. The van der Waals surface area contributed by atoms with Crippen LogP contribution >= 0.6 is 0 Å². The van der Waals surface area contributed by atoms with Crippen molar-refractivity contribution in [3.05, 3.63) is 0 Å². The largest absolute Gasteiger partial charge is 0.469 e. The van der Waals surface area contributed by atoms with Crippen LogP contribution in [0.1, 0.15) is 19.3 Å². The van der Waals surface area contributed by atoms with E-state index < -0.39 is 0 Å². The Morgan fingerprint density at radius 2 is 2.55 bits per heavy atom. The number of esters is 1. The molecular formula is C8H15NO2. The quantitative estimate of drug-likeness (QED) is 0.608.